The van der Waals surface area contributed by atoms with Crippen LogP contribution in [0.1, 0.15) is 12.8 Å². The molecule has 0 atom stereocenters. The number of aromatic nitrogens is 1. The number of nitrogens with zero attached hydrogens (tertiary/aromatic N) is 2. The molecule has 5 heteroatoms. The van der Waals surface area contributed by atoms with Crippen LogP contribution in [0.5, 0.6) is 5.88 Å². The fraction of sp³-hybridized carbons (Fsp3) is 0.455. The van der Waals surface area contributed by atoms with Gasteiger partial charge in [0.2, 0.25) is 11.8 Å². The maximum absolute atomic E-state index is 12.1. The highest BCUT2D eigenvalue weighted by molar-refractivity contribution is 9.10. The Morgan fingerprint density at radius 3 is 3.12 bits per heavy atom. The number of carbonyl (C=O) groups excluding carboxylic acids is 1. The van der Waals surface area contributed by atoms with Gasteiger partial charge < -0.3 is 9.64 Å². The Morgan fingerprint density at radius 2 is 2.38 bits per heavy atom. The molecule has 16 heavy (non-hydrogen) atoms. The summed E-state index contributed by atoms with van der Waals surface area (Å²) in [5.41, 5.74) is 0.789. The minimum atomic E-state index is 0.212. The quantitative estimate of drug-likeness (QED) is 0.791. The highest BCUT2D eigenvalue weighted by Crippen LogP contribution is 2.37. The van der Waals surface area contributed by atoms with Crippen LogP contribution in [0.25, 0.3) is 0 Å². The van der Waals surface area contributed by atoms with Crippen LogP contribution < -0.4 is 9.64 Å². The SMILES string of the molecule is O=C(C1CC1)N1CCOc2ncc(Br)cc21. The third-order valence-corrected chi connectivity index (χ3v) is 3.27. The van der Waals surface area contributed by atoms with Gasteiger partial charge in [0.25, 0.3) is 0 Å². The zero-order chi connectivity index (χ0) is 11.1. The van der Waals surface area contributed by atoms with E-state index in [0.717, 1.165) is 23.0 Å². The average molecular weight is 283 g/mol. The molecule has 1 saturated carbocycles. The molecule has 0 unspecified atom stereocenters. The largest absolute Gasteiger partial charge is 0.474 e. The second-order valence-electron chi connectivity index (χ2n) is 4.09. The van der Waals surface area contributed by atoms with E-state index in [1.165, 1.54) is 0 Å². The lowest BCUT2D eigenvalue weighted by Gasteiger charge is -2.28. The number of carbonyl (C=O) groups is 1. The summed E-state index contributed by atoms with van der Waals surface area (Å²) in [6, 6.07) is 1.89. The van der Waals surface area contributed by atoms with Crippen LogP contribution in [0.15, 0.2) is 16.7 Å². The lowest BCUT2D eigenvalue weighted by Crippen LogP contribution is -2.39. The Morgan fingerprint density at radius 1 is 1.56 bits per heavy atom. The van der Waals surface area contributed by atoms with Crippen molar-refractivity contribution in [3.05, 3.63) is 16.7 Å². The van der Waals surface area contributed by atoms with Crippen molar-refractivity contribution in [3.8, 4) is 5.88 Å². The van der Waals surface area contributed by atoms with E-state index in [2.05, 4.69) is 20.9 Å². The molecule has 0 aromatic carbocycles. The molecule has 2 heterocycles. The molecule has 0 bridgehead atoms. The first-order valence-corrected chi connectivity index (χ1v) is 6.15. The second kappa shape index (κ2) is 3.73. The van der Waals surface area contributed by atoms with Gasteiger partial charge in [-0.2, -0.15) is 0 Å². The second-order valence-corrected chi connectivity index (χ2v) is 5.01. The Balaban J connectivity index is 1.97. The van der Waals surface area contributed by atoms with Crippen molar-refractivity contribution in [3.63, 3.8) is 0 Å². The van der Waals surface area contributed by atoms with Crippen LogP contribution in [0.2, 0.25) is 0 Å². The van der Waals surface area contributed by atoms with E-state index in [9.17, 15) is 4.79 Å². The van der Waals surface area contributed by atoms with Crippen molar-refractivity contribution >= 4 is 27.5 Å². The molecule has 4 nitrogen and oxygen atoms in total. The Labute approximate surface area is 102 Å². The molecule has 1 fully saturated rings. The first kappa shape index (κ1) is 10.1. The summed E-state index contributed by atoms with van der Waals surface area (Å²) in [6.07, 6.45) is 3.73. The van der Waals surface area contributed by atoms with Crippen molar-refractivity contribution in [2.24, 2.45) is 5.92 Å². The molecule has 1 amide bonds. The lowest BCUT2D eigenvalue weighted by molar-refractivity contribution is -0.120. The number of rotatable bonds is 1. The number of hydrogen-bond donors (Lipinski definition) is 0. The molecule has 2 aliphatic rings. The monoisotopic (exact) mass is 282 g/mol. The number of anilines is 1. The number of fused-ring (bicyclic) bond motifs is 1. The van der Waals surface area contributed by atoms with E-state index in [0.29, 0.717) is 19.0 Å². The first-order chi connectivity index (χ1) is 7.75. The number of amides is 1. The van der Waals surface area contributed by atoms with Gasteiger partial charge in [-0.3, -0.25) is 4.79 Å². The number of hydrogen-bond acceptors (Lipinski definition) is 3. The highest BCUT2D eigenvalue weighted by Gasteiger charge is 2.36. The Kier molecular flexibility index (Phi) is 2.35. The summed E-state index contributed by atoms with van der Waals surface area (Å²) in [4.78, 5) is 18.0. The van der Waals surface area contributed by atoms with Gasteiger partial charge in [0.15, 0.2) is 0 Å². The van der Waals surface area contributed by atoms with Gasteiger partial charge >= 0.3 is 0 Å². The van der Waals surface area contributed by atoms with Gasteiger partial charge in [-0.15, -0.1) is 0 Å². The summed E-state index contributed by atoms with van der Waals surface area (Å²) < 4.78 is 6.30. The molecule has 0 saturated heterocycles. The predicted molar refractivity (Wildman–Crippen MR) is 62.5 cm³/mol. The normalized spacial score (nSPS) is 18.9. The molecule has 3 rings (SSSR count). The fourth-order valence-corrected chi connectivity index (χ4v) is 2.17. The molecule has 1 aromatic rings. The molecule has 0 radical (unpaired) electrons. The summed E-state index contributed by atoms with van der Waals surface area (Å²) >= 11 is 3.36. The number of halogens is 1. The molecular weight excluding hydrogens is 272 g/mol. The number of ether oxygens (including phenoxy) is 1. The highest BCUT2D eigenvalue weighted by atomic mass is 79.9. The summed E-state index contributed by atoms with van der Waals surface area (Å²) in [5.74, 6) is 0.998. The van der Waals surface area contributed by atoms with Crippen LogP contribution in [0.3, 0.4) is 0 Å². The van der Waals surface area contributed by atoms with Crippen LogP contribution in [-0.2, 0) is 4.79 Å². The van der Waals surface area contributed by atoms with Crippen molar-refractivity contribution in [2.75, 3.05) is 18.1 Å². The van der Waals surface area contributed by atoms with E-state index in [-0.39, 0.29) is 11.8 Å². The van der Waals surface area contributed by atoms with Gasteiger partial charge in [-0.25, -0.2) is 4.98 Å². The summed E-state index contributed by atoms with van der Waals surface area (Å²) in [6.45, 7) is 1.15. The van der Waals surface area contributed by atoms with Gasteiger partial charge in [-0.05, 0) is 34.8 Å². The van der Waals surface area contributed by atoms with Crippen LogP contribution in [-0.4, -0.2) is 24.0 Å². The van der Waals surface area contributed by atoms with Gasteiger partial charge in [0.05, 0.1) is 6.54 Å². The average Bonchev–Trinajstić information content (AvgIpc) is 3.11. The van der Waals surface area contributed by atoms with E-state index in [1.807, 2.05) is 6.07 Å². The maximum atomic E-state index is 12.1. The van der Waals surface area contributed by atoms with Crippen molar-refractivity contribution in [2.45, 2.75) is 12.8 Å². The third-order valence-electron chi connectivity index (χ3n) is 2.84. The molecule has 0 spiro atoms. The topological polar surface area (TPSA) is 42.4 Å². The van der Waals surface area contributed by atoms with E-state index in [1.54, 1.807) is 11.1 Å². The molecule has 1 aliphatic carbocycles. The van der Waals surface area contributed by atoms with Gasteiger partial charge in [-0.1, -0.05) is 0 Å². The smallest absolute Gasteiger partial charge is 0.238 e. The minimum absolute atomic E-state index is 0.212. The van der Waals surface area contributed by atoms with E-state index < -0.39 is 0 Å². The molecule has 84 valence electrons. The lowest BCUT2D eigenvalue weighted by atomic mass is 10.2. The van der Waals surface area contributed by atoms with E-state index in [4.69, 9.17) is 4.74 Å². The Bertz CT molecular complexity index is 446. The zero-order valence-electron chi connectivity index (χ0n) is 8.65. The van der Waals surface area contributed by atoms with Gasteiger partial charge in [0, 0.05) is 16.6 Å². The molecule has 1 aromatic heterocycles. The third kappa shape index (κ3) is 1.69. The predicted octanol–water partition coefficient (Wildman–Crippen LogP) is 1.98. The minimum Gasteiger partial charge on any atom is -0.474 e. The standard InChI is InChI=1S/C11H11BrN2O2/c12-8-5-9-10(13-6-8)16-4-3-14(9)11(15)7-1-2-7/h5-7H,1-4H2. The van der Waals surface area contributed by atoms with Crippen LogP contribution >= 0.6 is 15.9 Å². The van der Waals surface area contributed by atoms with Gasteiger partial charge in [0.1, 0.15) is 12.3 Å². The van der Waals surface area contributed by atoms with E-state index >= 15 is 0 Å². The van der Waals surface area contributed by atoms with Crippen LogP contribution in [0.4, 0.5) is 5.69 Å². The number of pyridine rings is 1. The zero-order valence-corrected chi connectivity index (χ0v) is 10.2. The molecule has 1 aliphatic heterocycles. The summed E-state index contributed by atoms with van der Waals surface area (Å²) in [7, 11) is 0. The molecular formula is C11H11BrN2O2. The Hall–Kier alpha value is -1.10. The summed E-state index contributed by atoms with van der Waals surface area (Å²) in [5, 5.41) is 0. The van der Waals surface area contributed by atoms with Crippen molar-refractivity contribution in [1.29, 1.82) is 0 Å². The molecule has 0 N–H and O–H groups in total. The first-order valence-electron chi connectivity index (χ1n) is 5.35. The fourth-order valence-electron chi connectivity index (χ4n) is 1.85. The van der Waals surface area contributed by atoms with Crippen molar-refractivity contribution in [1.82, 2.24) is 4.98 Å². The van der Waals surface area contributed by atoms with Crippen LogP contribution in [0, 0.1) is 5.92 Å². The van der Waals surface area contributed by atoms with Crippen molar-refractivity contribution < 1.29 is 9.53 Å². The maximum Gasteiger partial charge on any atom is 0.238 e.